The number of aromatic nitrogens is 1. The number of rotatable bonds is 9. The highest BCUT2D eigenvalue weighted by Crippen LogP contribution is 2.21. The van der Waals surface area contributed by atoms with Gasteiger partial charge in [-0.3, -0.25) is 9.59 Å². The first-order valence-electron chi connectivity index (χ1n) is 9.52. The van der Waals surface area contributed by atoms with Gasteiger partial charge in [0.1, 0.15) is 29.1 Å². The SMILES string of the molecule is C=CC(C)(O)c1ccc(NC(=O)C(CCC)NC(=O)Cc2cc(F)cc(F)c2)nc1. The van der Waals surface area contributed by atoms with E-state index in [4.69, 9.17) is 0 Å². The van der Waals surface area contributed by atoms with Crippen LogP contribution in [-0.4, -0.2) is 27.9 Å². The molecule has 0 fully saturated rings. The maximum atomic E-state index is 13.3. The minimum Gasteiger partial charge on any atom is -0.381 e. The van der Waals surface area contributed by atoms with E-state index >= 15 is 0 Å². The molecule has 0 saturated carbocycles. The molecule has 2 unspecified atom stereocenters. The van der Waals surface area contributed by atoms with Crippen LogP contribution in [0.1, 0.15) is 37.8 Å². The minimum absolute atomic E-state index is 0.173. The van der Waals surface area contributed by atoms with Crippen LogP contribution in [0.2, 0.25) is 0 Å². The molecule has 2 atom stereocenters. The molecule has 160 valence electrons. The molecule has 30 heavy (non-hydrogen) atoms. The summed E-state index contributed by atoms with van der Waals surface area (Å²) in [5.74, 6) is -2.28. The molecule has 6 nitrogen and oxygen atoms in total. The van der Waals surface area contributed by atoms with Gasteiger partial charge in [-0.25, -0.2) is 13.8 Å². The van der Waals surface area contributed by atoms with Crippen LogP contribution in [0.4, 0.5) is 14.6 Å². The molecule has 0 saturated heterocycles. The third-order valence-corrected chi connectivity index (χ3v) is 4.51. The molecular weight excluding hydrogens is 392 g/mol. The van der Waals surface area contributed by atoms with Crippen molar-refractivity contribution < 1.29 is 23.5 Å². The molecular formula is C22H25F2N3O3. The number of nitrogens with one attached hydrogen (secondary N) is 2. The predicted molar refractivity (Wildman–Crippen MR) is 110 cm³/mol. The highest BCUT2D eigenvalue weighted by Gasteiger charge is 2.22. The summed E-state index contributed by atoms with van der Waals surface area (Å²) < 4.78 is 26.6. The number of carbonyl (C=O) groups excluding carboxylic acids is 2. The molecule has 0 aliphatic rings. The Bertz CT molecular complexity index is 894. The molecule has 0 bridgehead atoms. The lowest BCUT2D eigenvalue weighted by Crippen LogP contribution is -2.44. The first kappa shape index (κ1) is 23.2. The van der Waals surface area contributed by atoms with E-state index in [1.807, 2.05) is 6.92 Å². The van der Waals surface area contributed by atoms with Gasteiger partial charge in [0.05, 0.1) is 6.42 Å². The minimum atomic E-state index is -1.25. The molecule has 2 rings (SSSR count). The Balaban J connectivity index is 2.03. The third-order valence-electron chi connectivity index (χ3n) is 4.51. The molecule has 0 aliphatic carbocycles. The van der Waals surface area contributed by atoms with Gasteiger partial charge in [0.15, 0.2) is 0 Å². The van der Waals surface area contributed by atoms with Crippen LogP contribution in [0.15, 0.2) is 49.2 Å². The fourth-order valence-electron chi connectivity index (χ4n) is 2.80. The Kier molecular flexibility index (Phi) is 7.77. The lowest BCUT2D eigenvalue weighted by molar-refractivity contribution is -0.126. The number of carbonyl (C=O) groups is 2. The van der Waals surface area contributed by atoms with Crippen LogP contribution in [0, 0.1) is 11.6 Å². The van der Waals surface area contributed by atoms with Gasteiger partial charge in [-0.05, 0) is 37.1 Å². The summed E-state index contributed by atoms with van der Waals surface area (Å²) in [7, 11) is 0. The van der Waals surface area contributed by atoms with E-state index in [2.05, 4.69) is 22.2 Å². The zero-order valence-corrected chi connectivity index (χ0v) is 16.9. The second kappa shape index (κ2) is 10.1. The molecule has 0 spiro atoms. The van der Waals surface area contributed by atoms with Crippen molar-refractivity contribution in [1.29, 1.82) is 0 Å². The number of benzene rings is 1. The van der Waals surface area contributed by atoms with Gasteiger partial charge >= 0.3 is 0 Å². The third kappa shape index (κ3) is 6.45. The van der Waals surface area contributed by atoms with Crippen LogP contribution in [0.25, 0.3) is 0 Å². The van der Waals surface area contributed by atoms with Crippen molar-refractivity contribution in [3.05, 3.63) is 71.9 Å². The Morgan fingerprint density at radius 1 is 1.27 bits per heavy atom. The van der Waals surface area contributed by atoms with Gasteiger partial charge < -0.3 is 15.7 Å². The largest absolute Gasteiger partial charge is 0.381 e. The van der Waals surface area contributed by atoms with E-state index in [1.54, 1.807) is 13.0 Å². The number of aliphatic hydroxyl groups is 1. The van der Waals surface area contributed by atoms with Crippen LogP contribution >= 0.6 is 0 Å². The molecule has 0 aliphatic heterocycles. The number of hydrogen-bond donors (Lipinski definition) is 3. The van der Waals surface area contributed by atoms with Crippen LogP contribution in [-0.2, 0) is 21.6 Å². The van der Waals surface area contributed by atoms with Gasteiger partial charge in [-0.2, -0.15) is 0 Å². The summed E-state index contributed by atoms with van der Waals surface area (Å²) in [5.41, 5.74) is -0.562. The summed E-state index contributed by atoms with van der Waals surface area (Å²) >= 11 is 0. The van der Waals surface area contributed by atoms with Crippen molar-refractivity contribution in [2.45, 2.75) is 44.8 Å². The van der Waals surface area contributed by atoms with Crippen molar-refractivity contribution in [3.63, 3.8) is 0 Å². The first-order chi connectivity index (χ1) is 14.1. The van der Waals surface area contributed by atoms with Crippen molar-refractivity contribution in [1.82, 2.24) is 10.3 Å². The summed E-state index contributed by atoms with van der Waals surface area (Å²) in [6.07, 6.45) is 3.54. The van der Waals surface area contributed by atoms with Gasteiger partial charge in [0, 0.05) is 17.8 Å². The lowest BCUT2D eigenvalue weighted by Gasteiger charge is -2.20. The Hall–Kier alpha value is -3.13. The van der Waals surface area contributed by atoms with Gasteiger partial charge in [-0.15, -0.1) is 0 Å². The Labute approximate surface area is 174 Å². The van der Waals surface area contributed by atoms with Crippen molar-refractivity contribution in [2.75, 3.05) is 5.32 Å². The van der Waals surface area contributed by atoms with Crippen LogP contribution in [0.3, 0.4) is 0 Å². The second-order valence-electron chi connectivity index (χ2n) is 7.14. The zero-order valence-electron chi connectivity index (χ0n) is 16.9. The van der Waals surface area contributed by atoms with E-state index in [-0.39, 0.29) is 17.8 Å². The number of anilines is 1. The number of nitrogens with zero attached hydrogens (tertiary/aromatic N) is 1. The average Bonchev–Trinajstić information content (AvgIpc) is 2.67. The van der Waals surface area contributed by atoms with E-state index in [1.165, 1.54) is 18.3 Å². The Morgan fingerprint density at radius 2 is 1.93 bits per heavy atom. The molecule has 1 aromatic carbocycles. The highest BCUT2D eigenvalue weighted by molar-refractivity contribution is 5.96. The number of pyridine rings is 1. The molecule has 8 heteroatoms. The molecule has 1 heterocycles. The average molecular weight is 417 g/mol. The molecule has 2 amide bonds. The maximum Gasteiger partial charge on any atom is 0.248 e. The van der Waals surface area contributed by atoms with Gasteiger partial charge in [-0.1, -0.05) is 32.1 Å². The number of amides is 2. The van der Waals surface area contributed by atoms with Gasteiger partial charge in [0.2, 0.25) is 11.8 Å². The highest BCUT2D eigenvalue weighted by atomic mass is 19.1. The van der Waals surface area contributed by atoms with E-state index < -0.39 is 35.1 Å². The summed E-state index contributed by atoms with van der Waals surface area (Å²) in [5, 5.41) is 15.4. The normalized spacial score (nSPS) is 13.8. The first-order valence-corrected chi connectivity index (χ1v) is 9.52. The van der Waals surface area contributed by atoms with Crippen molar-refractivity contribution in [2.24, 2.45) is 0 Å². The Morgan fingerprint density at radius 3 is 2.47 bits per heavy atom. The topological polar surface area (TPSA) is 91.3 Å². The van der Waals surface area contributed by atoms with Crippen LogP contribution in [0.5, 0.6) is 0 Å². The maximum absolute atomic E-state index is 13.3. The fourth-order valence-corrected chi connectivity index (χ4v) is 2.80. The van der Waals surface area contributed by atoms with Crippen LogP contribution < -0.4 is 10.6 Å². The van der Waals surface area contributed by atoms with E-state index in [0.29, 0.717) is 18.4 Å². The fraction of sp³-hybridized carbons (Fsp3) is 0.318. The second-order valence-corrected chi connectivity index (χ2v) is 7.14. The monoisotopic (exact) mass is 417 g/mol. The van der Waals surface area contributed by atoms with Gasteiger partial charge in [0.25, 0.3) is 0 Å². The molecule has 2 aromatic rings. The number of hydrogen-bond acceptors (Lipinski definition) is 4. The summed E-state index contributed by atoms with van der Waals surface area (Å²) in [4.78, 5) is 29.0. The summed E-state index contributed by atoms with van der Waals surface area (Å²) in [6, 6.07) is 5.17. The van der Waals surface area contributed by atoms with E-state index in [9.17, 15) is 23.5 Å². The standard InChI is InChI=1S/C22H25F2N3O3/c1-4-6-18(26-20(28)11-14-9-16(23)12-17(24)10-14)21(29)27-19-8-7-15(13-25-19)22(3,30)5-2/h5,7-10,12-13,18,30H,2,4,6,11H2,1,3H3,(H,26,28)(H,25,27,29). The predicted octanol–water partition coefficient (Wildman–Crippen LogP) is 3.22. The van der Waals surface area contributed by atoms with E-state index in [0.717, 1.165) is 18.2 Å². The van der Waals surface area contributed by atoms with Crippen molar-refractivity contribution >= 4 is 17.6 Å². The molecule has 1 aromatic heterocycles. The molecule has 3 N–H and O–H groups in total. The smallest absolute Gasteiger partial charge is 0.248 e. The quantitative estimate of drug-likeness (QED) is 0.547. The zero-order chi connectivity index (χ0) is 22.3. The number of halogens is 2. The van der Waals surface area contributed by atoms with Crippen molar-refractivity contribution in [3.8, 4) is 0 Å². The lowest BCUT2D eigenvalue weighted by atomic mass is 9.98. The molecule has 0 radical (unpaired) electrons. The summed E-state index contributed by atoms with van der Waals surface area (Å²) in [6.45, 7) is 6.98.